The van der Waals surface area contributed by atoms with Gasteiger partial charge in [0, 0.05) is 25.4 Å². The number of para-hydroxylation sites is 1. The van der Waals surface area contributed by atoms with Crippen molar-refractivity contribution in [3.8, 4) is 16.9 Å². The summed E-state index contributed by atoms with van der Waals surface area (Å²) in [5.74, 6) is -0.992. The number of ether oxygens (including phenoxy) is 2. The number of nitrogens with one attached hydrogen (secondary N) is 1. The molecule has 1 N–H and O–H groups in total. The van der Waals surface area contributed by atoms with Crippen LogP contribution >= 0.6 is 0 Å². The number of nitrogens with zero attached hydrogens (tertiary/aromatic N) is 2. The van der Waals surface area contributed by atoms with E-state index in [1.807, 2.05) is 61.5 Å². The monoisotopic (exact) mass is 393 g/mol. The van der Waals surface area contributed by atoms with E-state index in [2.05, 4.69) is 10.4 Å². The zero-order valence-electron chi connectivity index (χ0n) is 16.4. The number of carbonyl (C=O) groups excluding carboxylic acids is 2. The molecule has 0 saturated carbocycles. The highest BCUT2D eigenvalue weighted by atomic mass is 16.5. The zero-order chi connectivity index (χ0) is 20.6. The van der Waals surface area contributed by atoms with Crippen molar-refractivity contribution in [1.82, 2.24) is 15.1 Å². The highest BCUT2D eigenvalue weighted by molar-refractivity contribution is 5.97. The molecular weight excluding hydrogens is 370 g/mol. The lowest BCUT2D eigenvalue weighted by Gasteiger charge is -2.06. The van der Waals surface area contributed by atoms with Crippen molar-refractivity contribution in [1.29, 1.82) is 0 Å². The third-order valence-corrected chi connectivity index (χ3v) is 4.21. The summed E-state index contributed by atoms with van der Waals surface area (Å²) in [4.78, 5) is 24.5. The molecule has 7 heteroatoms. The molecule has 0 aliphatic rings. The van der Waals surface area contributed by atoms with Crippen molar-refractivity contribution in [2.75, 3.05) is 26.9 Å². The number of aryl methyl sites for hydroxylation is 1. The van der Waals surface area contributed by atoms with Gasteiger partial charge < -0.3 is 14.8 Å². The average Bonchev–Trinajstić information content (AvgIpc) is 3.18. The van der Waals surface area contributed by atoms with E-state index in [-0.39, 0.29) is 12.5 Å². The van der Waals surface area contributed by atoms with Gasteiger partial charge in [0.15, 0.2) is 6.61 Å². The molecule has 0 aliphatic heterocycles. The lowest BCUT2D eigenvalue weighted by atomic mass is 10.1. The van der Waals surface area contributed by atoms with Crippen LogP contribution in [0.1, 0.15) is 15.9 Å². The Morgan fingerprint density at radius 2 is 1.90 bits per heavy atom. The Morgan fingerprint density at radius 3 is 2.62 bits per heavy atom. The van der Waals surface area contributed by atoms with Crippen LogP contribution in [0.3, 0.4) is 0 Å². The van der Waals surface area contributed by atoms with Crippen molar-refractivity contribution >= 4 is 11.9 Å². The minimum atomic E-state index is -0.606. The van der Waals surface area contributed by atoms with Crippen LogP contribution in [0, 0.1) is 6.92 Å². The molecule has 7 nitrogen and oxygen atoms in total. The summed E-state index contributed by atoms with van der Waals surface area (Å²) in [7, 11) is 1.55. The van der Waals surface area contributed by atoms with Gasteiger partial charge in [-0.15, -0.1) is 0 Å². The standard InChI is InChI=1S/C22H23N3O4/c1-16-7-6-8-17(13-16)21-19(14-25(24-21)18-9-4-3-5-10-18)22(27)29-15-20(26)23-11-12-28-2/h3-10,13-14H,11-12,15H2,1-2H3,(H,23,26). The van der Waals surface area contributed by atoms with Gasteiger partial charge in [-0.2, -0.15) is 5.10 Å². The Balaban J connectivity index is 1.85. The predicted molar refractivity (Wildman–Crippen MR) is 109 cm³/mol. The first-order valence-corrected chi connectivity index (χ1v) is 9.23. The van der Waals surface area contributed by atoms with Crippen LogP contribution < -0.4 is 5.32 Å². The van der Waals surface area contributed by atoms with Crippen molar-refractivity contribution in [2.24, 2.45) is 0 Å². The number of benzene rings is 2. The second kappa shape index (κ2) is 9.66. The molecule has 29 heavy (non-hydrogen) atoms. The van der Waals surface area contributed by atoms with Gasteiger partial charge in [0.25, 0.3) is 5.91 Å². The Labute approximate surface area is 169 Å². The molecule has 0 atom stereocenters. The van der Waals surface area contributed by atoms with E-state index in [1.54, 1.807) is 18.0 Å². The second-order valence-corrected chi connectivity index (χ2v) is 6.46. The number of hydrogen-bond acceptors (Lipinski definition) is 5. The normalized spacial score (nSPS) is 10.6. The molecule has 0 unspecified atom stereocenters. The van der Waals surface area contributed by atoms with Crippen LogP contribution in [0.15, 0.2) is 60.8 Å². The summed E-state index contributed by atoms with van der Waals surface area (Å²) in [6.45, 7) is 2.35. The van der Waals surface area contributed by atoms with Crippen LogP contribution in [-0.4, -0.2) is 48.5 Å². The maximum absolute atomic E-state index is 12.7. The van der Waals surface area contributed by atoms with E-state index in [1.165, 1.54) is 0 Å². The molecule has 0 spiro atoms. The van der Waals surface area contributed by atoms with Crippen molar-refractivity contribution in [2.45, 2.75) is 6.92 Å². The van der Waals surface area contributed by atoms with Gasteiger partial charge in [-0.3, -0.25) is 4.79 Å². The van der Waals surface area contributed by atoms with Crippen molar-refractivity contribution in [3.05, 3.63) is 71.9 Å². The minimum Gasteiger partial charge on any atom is -0.452 e. The summed E-state index contributed by atoms with van der Waals surface area (Å²) in [6.07, 6.45) is 1.62. The van der Waals surface area contributed by atoms with E-state index >= 15 is 0 Å². The summed E-state index contributed by atoms with van der Waals surface area (Å²) < 4.78 is 11.7. The van der Waals surface area contributed by atoms with Gasteiger partial charge >= 0.3 is 5.97 Å². The maximum atomic E-state index is 12.7. The molecule has 0 radical (unpaired) electrons. The van der Waals surface area contributed by atoms with E-state index < -0.39 is 5.97 Å². The molecule has 0 aliphatic carbocycles. The minimum absolute atomic E-state index is 0.296. The Morgan fingerprint density at radius 1 is 1.10 bits per heavy atom. The fourth-order valence-electron chi connectivity index (χ4n) is 2.79. The van der Waals surface area contributed by atoms with Crippen molar-refractivity contribution in [3.63, 3.8) is 0 Å². The SMILES string of the molecule is COCCNC(=O)COC(=O)c1cn(-c2ccccc2)nc1-c1cccc(C)c1. The number of methoxy groups -OCH3 is 1. The lowest BCUT2D eigenvalue weighted by molar-refractivity contribution is -0.124. The maximum Gasteiger partial charge on any atom is 0.342 e. The lowest BCUT2D eigenvalue weighted by Crippen LogP contribution is -2.31. The average molecular weight is 393 g/mol. The first kappa shape index (κ1) is 20.3. The van der Waals surface area contributed by atoms with Crippen LogP contribution in [-0.2, 0) is 14.3 Å². The third kappa shape index (κ3) is 5.30. The number of hydrogen-bond donors (Lipinski definition) is 1. The van der Waals surface area contributed by atoms with Gasteiger partial charge in [-0.25, -0.2) is 9.48 Å². The zero-order valence-corrected chi connectivity index (χ0v) is 16.4. The van der Waals surface area contributed by atoms with Crippen LogP contribution in [0.2, 0.25) is 0 Å². The Kier molecular flexibility index (Phi) is 6.76. The van der Waals surface area contributed by atoms with Gasteiger partial charge in [-0.1, -0.05) is 42.0 Å². The third-order valence-electron chi connectivity index (χ3n) is 4.21. The summed E-state index contributed by atoms with van der Waals surface area (Å²) >= 11 is 0. The number of esters is 1. The first-order chi connectivity index (χ1) is 14.1. The van der Waals surface area contributed by atoms with Gasteiger partial charge in [-0.05, 0) is 25.1 Å². The fraction of sp³-hybridized carbons (Fsp3) is 0.227. The second-order valence-electron chi connectivity index (χ2n) is 6.46. The number of aromatic nitrogens is 2. The van der Waals surface area contributed by atoms with E-state index in [0.29, 0.717) is 24.4 Å². The van der Waals surface area contributed by atoms with Gasteiger partial charge in [0.05, 0.1) is 12.3 Å². The van der Waals surface area contributed by atoms with Crippen molar-refractivity contribution < 1.29 is 19.1 Å². The first-order valence-electron chi connectivity index (χ1n) is 9.23. The summed E-state index contributed by atoms with van der Waals surface area (Å²) in [6, 6.07) is 17.2. The largest absolute Gasteiger partial charge is 0.452 e. The Bertz CT molecular complexity index is 983. The molecule has 3 rings (SSSR count). The van der Waals surface area contributed by atoms with Crippen LogP contribution in [0.4, 0.5) is 0 Å². The molecule has 3 aromatic rings. The number of rotatable bonds is 8. The quantitative estimate of drug-likeness (QED) is 0.470. The molecule has 2 aromatic carbocycles. The number of carbonyl (C=O) groups is 2. The topological polar surface area (TPSA) is 82.5 Å². The molecule has 150 valence electrons. The smallest absolute Gasteiger partial charge is 0.342 e. The van der Waals surface area contributed by atoms with Crippen LogP contribution in [0.25, 0.3) is 16.9 Å². The fourth-order valence-corrected chi connectivity index (χ4v) is 2.79. The molecule has 1 aromatic heterocycles. The Hall–Kier alpha value is -3.45. The highest BCUT2D eigenvalue weighted by Gasteiger charge is 2.21. The highest BCUT2D eigenvalue weighted by Crippen LogP contribution is 2.25. The van der Waals surface area contributed by atoms with Crippen LogP contribution in [0.5, 0.6) is 0 Å². The number of amides is 1. The van der Waals surface area contributed by atoms with Gasteiger partial charge in [0.2, 0.25) is 0 Å². The molecule has 0 saturated heterocycles. The van der Waals surface area contributed by atoms with Gasteiger partial charge in [0.1, 0.15) is 11.3 Å². The van der Waals surface area contributed by atoms with E-state index in [9.17, 15) is 9.59 Å². The van der Waals surface area contributed by atoms with E-state index in [0.717, 1.165) is 16.8 Å². The summed E-state index contributed by atoms with van der Waals surface area (Å²) in [5, 5.41) is 7.21. The molecular formula is C22H23N3O4. The van der Waals surface area contributed by atoms with E-state index in [4.69, 9.17) is 9.47 Å². The summed E-state index contributed by atoms with van der Waals surface area (Å²) in [5.41, 5.74) is 3.47. The molecule has 0 fully saturated rings. The molecule has 1 heterocycles. The molecule has 1 amide bonds. The molecule has 0 bridgehead atoms. The predicted octanol–water partition coefficient (Wildman–Crippen LogP) is 2.77.